The van der Waals surface area contributed by atoms with Gasteiger partial charge in [-0.15, -0.1) is 0 Å². The molecule has 1 aromatic heterocycles. The summed E-state index contributed by atoms with van der Waals surface area (Å²) < 4.78 is 7.65. The monoisotopic (exact) mass is 382 g/mol. The lowest BCUT2D eigenvalue weighted by Gasteiger charge is -2.35. The van der Waals surface area contributed by atoms with E-state index in [-0.39, 0.29) is 5.91 Å². The van der Waals surface area contributed by atoms with Gasteiger partial charge in [0.2, 0.25) is 0 Å². The number of carbonyl (C=O) groups excluding carboxylic acids is 1. The summed E-state index contributed by atoms with van der Waals surface area (Å²) in [7, 11) is 0. The van der Waals surface area contributed by atoms with E-state index in [1.165, 1.54) is 12.0 Å². The van der Waals surface area contributed by atoms with E-state index in [0.29, 0.717) is 6.10 Å². The van der Waals surface area contributed by atoms with E-state index in [0.717, 1.165) is 69.1 Å². The van der Waals surface area contributed by atoms with E-state index in [2.05, 4.69) is 48.1 Å². The Labute approximate surface area is 167 Å². The van der Waals surface area contributed by atoms with Crippen LogP contribution in [0.15, 0.2) is 30.5 Å². The molecule has 1 amide bonds. The summed E-state index contributed by atoms with van der Waals surface area (Å²) in [5, 5.41) is 4.53. The van der Waals surface area contributed by atoms with Crippen LogP contribution in [0.4, 0.5) is 0 Å². The molecule has 4 rings (SSSR count). The number of carbonyl (C=O) groups is 1. The highest BCUT2D eigenvalue weighted by molar-refractivity contribution is 5.95. The van der Waals surface area contributed by atoms with Gasteiger partial charge in [-0.3, -0.25) is 9.69 Å². The Morgan fingerprint density at radius 1 is 1.18 bits per heavy atom. The van der Waals surface area contributed by atoms with Gasteiger partial charge in [-0.1, -0.05) is 24.6 Å². The van der Waals surface area contributed by atoms with Gasteiger partial charge >= 0.3 is 0 Å². The van der Waals surface area contributed by atoms with Crippen molar-refractivity contribution in [3.8, 4) is 5.69 Å². The fourth-order valence-corrected chi connectivity index (χ4v) is 4.18. The third-order valence-corrected chi connectivity index (χ3v) is 5.86. The van der Waals surface area contributed by atoms with E-state index in [9.17, 15) is 4.79 Å². The van der Waals surface area contributed by atoms with Crippen molar-refractivity contribution in [2.45, 2.75) is 39.2 Å². The highest BCUT2D eigenvalue weighted by Gasteiger charge is 2.27. The first-order valence-electron chi connectivity index (χ1n) is 10.4. The van der Waals surface area contributed by atoms with Crippen molar-refractivity contribution >= 4 is 5.91 Å². The summed E-state index contributed by atoms with van der Waals surface area (Å²) in [6.07, 6.45) is 5.22. The number of benzene rings is 1. The second kappa shape index (κ2) is 8.45. The van der Waals surface area contributed by atoms with Gasteiger partial charge < -0.3 is 9.64 Å². The number of aromatic nitrogens is 2. The molecular formula is C22H30N4O2. The van der Waals surface area contributed by atoms with Crippen molar-refractivity contribution in [1.29, 1.82) is 0 Å². The predicted molar refractivity (Wildman–Crippen MR) is 109 cm³/mol. The van der Waals surface area contributed by atoms with Crippen LogP contribution in [0.25, 0.3) is 5.69 Å². The van der Waals surface area contributed by atoms with Gasteiger partial charge in [-0.25, -0.2) is 4.68 Å². The molecule has 28 heavy (non-hydrogen) atoms. The second-order valence-electron chi connectivity index (χ2n) is 7.83. The summed E-state index contributed by atoms with van der Waals surface area (Å²) >= 11 is 0. The number of piperazine rings is 1. The minimum absolute atomic E-state index is 0.104. The quantitative estimate of drug-likeness (QED) is 0.798. The number of hydrogen-bond acceptors (Lipinski definition) is 4. The highest BCUT2D eigenvalue weighted by atomic mass is 16.5. The van der Waals surface area contributed by atoms with E-state index in [4.69, 9.17) is 4.74 Å². The van der Waals surface area contributed by atoms with E-state index in [1.807, 2.05) is 9.58 Å². The minimum Gasteiger partial charge on any atom is -0.377 e. The molecule has 1 aromatic carbocycles. The molecule has 0 saturated carbocycles. The summed E-state index contributed by atoms with van der Waals surface area (Å²) in [4.78, 5) is 17.6. The topological polar surface area (TPSA) is 50.6 Å². The summed E-state index contributed by atoms with van der Waals surface area (Å²) in [5.74, 6) is 0.104. The highest BCUT2D eigenvalue weighted by Crippen LogP contribution is 2.20. The van der Waals surface area contributed by atoms with Crippen molar-refractivity contribution < 1.29 is 9.53 Å². The first-order valence-corrected chi connectivity index (χ1v) is 10.4. The fourth-order valence-electron chi connectivity index (χ4n) is 4.18. The van der Waals surface area contributed by atoms with Gasteiger partial charge in [-0.2, -0.15) is 5.10 Å². The normalized spacial score (nSPS) is 20.6. The zero-order valence-corrected chi connectivity index (χ0v) is 16.9. The van der Waals surface area contributed by atoms with Crippen LogP contribution in [-0.2, 0) is 11.2 Å². The maximum absolute atomic E-state index is 13.2. The maximum atomic E-state index is 13.2. The molecule has 0 N–H and O–H groups in total. The molecule has 6 nitrogen and oxygen atoms in total. The largest absolute Gasteiger partial charge is 0.377 e. The second-order valence-corrected chi connectivity index (χ2v) is 7.83. The molecule has 0 spiro atoms. The van der Waals surface area contributed by atoms with E-state index in [1.54, 1.807) is 6.20 Å². The van der Waals surface area contributed by atoms with Crippen LogP contribution < -0.4 is 0 Å². The molecule has 2 saturated heterocycles. The molecule has 6 heteroatoms. The minimum atomic E-state index is 0.104. The van der Waals surface area contributed by atoms with Crippen LogP contribution in [0.5, 0.6) is 0 Å². The number of aryl methyl sites for hydroxylation is 1. The zero-order chi connectivity index (χ0) is 19.5. The van der Waals surface area contributed by atoms with E-state index >= 15 is 0 Å². The third kappa shape index (κ3) is 3.98. The van der Waals surface area contributed by atoms with Gasteiger partial charge in [-0.05, 0) is 38.3 Å². The Morgan fingerprint density at radius 2 is 1.93 bits per heavy atom. The number of nitrogens with zero attached hydrogens (tertiary/aromatic N) is 4. The van der Waals surface area contributed by atoms with Crippen LogP contribution in [0.2, 0.25) is 0 Å². The molecule has 1 unspecified atom stereocenters. The Bertz CT molecular complexity index is 800. The molecule has 0 radical (unpaired) electrons. The van der Waals surface area contributed by atoms with Crippen molar-refractivity contribution in [1.82, 2.24) is 19.6 Å². The number of ether oxygens (including phenoxy) is 1. The van der Waals surface area contributed by atoms with Crippen molar-refractivity contribution in [3.63, 3.8) is 0 Å². The summed E-state index contributed by atoms with van der Waals surface area (Å²) in [6.45, 7) is 9.41. The molecule has 2 fully saturated rings. The van der Waals surface area contributed by atoms with Gasteiger partial charge in [0, 0.05) is 39.3 Å². The van der Waals surface area contributed by atoms with Crippen molar-refractivity contribution in [2.24, 2.45) is 0 Å². The van der Waals surface area contributed by atoms with Crippen molar-refractivity contribution in [2.75, 3.05) is 39.3 Å². The van der Waals surface area contributed by atoms with Crippen LogP contribution >= 0.6 is 0 Å². The van der Waals surface area contributed by atoms with Gasteiger partial charge in [0.15, 0.2) is 0 Å². The molecule has 1 atom stereocenters. The Kier molecular flexibility index (Phi) is 5.78. The fraction of sp³-hybridized carbons (Fsp3) is 0.545. The molecule has 0 aliphatic carbocycles. The standard InChI is InChI=1S/C22H30N4O2/c1-3-21-20(15-23-26(21)18-8-6-17(2)7-9-18)22(27)25-12-10-24(11-13-25)16-19-5-4-14-28-19/h6-9,15,19H,3-5,10-14,16H2,1-2H3. The lowest BCUT2D eigenvalue weighted by atomic mass is 10.1. The Hall–Kier alpha value is -2.18. The Morgan fingerprint density at radius 3 is 2.57 bits per heavy atom. The lowest BCUT2D eigenvalue weighted by Crippen LogP contribution is -2.50. The average Bonchev–Trinajstić information content (AvgIpc) is 3.38. The summed E-state index contributed by atoms with van der Waals surface area (Å²) in [6, 6.07) is 8.26. The number of rotatable bonds is 5. The smallest absolute Gasteiger partial charge is 0.257 e. The SMILES string of the molecule is CCc1c(C(=O)N2CCN(CC3CCCO3)CC2)cnn1-c1ccc(C)cc1. The Balaban J connectivity index is 1.43. The first kappa shape index (κ1) is 19.2. The zero-order valence-electron chi connectivity index (χ0n) is 16.9. The maximum Gasteiger partial charge on any atom is 0.257 e. The molecule has 0 bridgehead atoms. The van der Waals surface area contributed by atoms with Crippen LogP contribution in [-0.4, -0.2) is 70.9 Å². The van der Waals surface area contributed by atoms with E-state index < -0.39 is 0 Å². The molecule has 2 aromatic rings. The first-order chi connectivity index (χ1) is 13.7. The van der Waals surface area contributed by atoms with Gasteiger partial charge in [0.25, 0.3) is 5.91 Å². The molecule has 2 aliphatic rings. The molecule has 150 valence electrons. The van der Waals surface area contributed by atoms with Crippen molar-refractivity contribution in [3.05, 3.63) is 47.3 Å². The average molecular weight is 383 g/mol. The van der Waals surface area contributed by atoms with Crippen LogP contribution in [0.3, 0.4) is 0 Å². The summed E-state index contributed by atoms with van der Waals surface area (Å²) in [5.41, 5.74) is 3.93. The molecule has 3 heterocycles. The third-order valence-electron chi connectivity index (χ3n) is 5.86. The van der Waals surface area contributed by atoms with Gasteiger partial charge in [0.05, 0.1) is 29.2 Å². The van der Waals surface area contributed by atoms with Crippen LogP contribution in [0.1, 0.15) is 41.4 Å². The lowest BCUT2D eigenvalue weighted by molar-refractivity contribution is 0.0432. The van der Waals surface area contributed by atoms with Crippen LogP contribution in [0, 0.1) is 6.92 Å². The number of hydrogen-bond donors (Lipinski definition) is 0. The van der Waals surface area contributed by atoms with Gasteiger partial charge in [0.1, 0.15) is 0 Å². The molecule has 2 aliphatic heterocycles. The predicted octanol–water partition coefficient (Wildman–Crippen LogP) is 2.68. The number of amides is 1. The molecular weight excluding hydrogens is 352 g/mol.